The van der Waals surface area contributed by atoms with E-state index in [1.807, 2.05) is 0 Å². The largest absolute Gasteiger partial charge is 0.462 e. The number of ether oxygens (including phenoxy) is 2. The lowest BCUT2D eigenvalue weighted by Gasteiger charge is -2.12. The van der Waals surface area contributed by atoms with Crippen molar-refractivity contribution in [2.75, 3.05) is 13.2 Å². The number of carbonyl (C=O) groups excluding carboxylic acids is 2. The van der Waals surface area contributed by atoms with Crippen LogP contribution in [0.4, 0.5) is 4.79 Å². The van der Waals surface area contributed by atoms with Crippen LogP contribution < -0.4 is 0 Å². The van der Waals surface area contributed by atoms with Crippen LogP contribution in [0.25, 0.3) is 10.4 Å². The minimum atomic E-state index is -1.08. The Morgan fingerprint density at radius 2 is 1.94 bits per heavy atom. The Labute approximate surface area is 116 Å². The molecule has 0 atom stereocenters. The van der Waals surface area contributed by atoms with Crippen LogP contribution in [0.5, 0.6) is 0 Å². The van der Waals surface area contributed by atoms with E-state index in [9.17, 15) is 9.59 Å². The van der Waals surface area contributed by atoms with Crippen LogP contribution in [-0.4, -0.2) is 27.4 Å². The van der Waals surface area contributed by atoms with E-state index in [1.54, 1.807) is 0 Å². The zero-order valence-electron chi connectivity index (χ0n) is 7.73. The van der Waals surface area contributed by atoms with E-state index in [0.717, 1.165) is 0 Å². The van der Waals surface area contributed by atoms with Gasteiger partial charge in [-0.2, -0.15) is 0 Å². The maximum atomic E-state index is 11.0. The highest BCUT2D eigenvalue weighted by Crippen LogP contribution is 2.33. The van der Waals surface area contributed by atoms with Crippen molar-refractivity contribution in [3.63, 3.8) is 0 Å². The summed E-state index contributed by atoms with van der Waals surface area (Å²) in [5, 5.41) is 2.65. The van der Waals surface area contributed by atoms with E-state index >= 15 is 0 Å². The Morgan fingerprint density at radius 3 is 2.44 bits per heavy atom. The summed E-state index contributed by atoms with van der Waals surface area (Å²) in [6.45, 7) is -0.146. The second-order valence-corrected chi connectivity index (χ2v) is 9.58. The average Bonchev–Trinajstić information content (AvgIpc) is 2.14. The summed E-state index contributed by atoms with van der Waals surface area (Å²) < 4.78 is 8.50. The predicted molar refractivity (Wildman–Crippen MR) is 65.6 cm³/mol. The van der Waals surface area contributed by atoms with Crippen molar-refractivity contribution >= 4 is 59.9 Å². The first-order chi connectivity index (χ1) is 7.35. The molecule has 90 valence electrons. The van der Waals surface area contributed by atoms with E-state index < -0.39 is 14.2 Å². The van der Waals surface area contributed by atoms with Gasteiger partial charge in [0.1, 0.15) is 13.2 Å². The van der Waals surface area contributed by atoms with Gasteiger partial charge in [-0.1, -0.05) is 47.8 Å². The van der Waals surface area contributed by atoms with Crippen LogP contribution >= 0.6 is 47.8 Å². The molecule has 16 heavy (non-hydrogen) atoms. The van der Waals surface area contributed by atoms with Crippen LogP contribution in [-0.2, 0) is 14.3 Å². The highest BCUT2D eigenvalue weighted by Gasteiger charge is 2.20. The minimum Gasteiger partial charge on any atom is -0.462 e. The number of azide groups is 1. The molecule has 0 fully saturated rings. The summed E-state index contributed by atoms with van der Waals surface area (Å²) in [5.74, 6) is -0.545. The minimum absolute atomic E-state index is 0.0517. The van der Waals surface area contributed by atoms with Crippen molar-refractivity contribution in [2.24, 2.45) is 5.11 Å². The van der Waals surface area contributed by atoms with E-state index in [-0.39, 0.29) is 19.6 Å². The number of alkyl halides is 3. The second kappa shape index (κ2) is 7.88. The van der Waals surface area contributed by atoms with Gasteiger partial charge in [0.15, 0.2) is 2.14 Å². The van der Waals surface area contributed by atoms with Crippen LogP contribution in [0.1, 0.15) is 6.42 Å². The lowest BCUT2D eigenvalue weighted by Crippen LogP contribution is -2.17. The fourth-order valence-electron chi connectivity index (χ4n) is 0.522. The molecule has 0 aliphatic carbocycles. The lowest BCUT2D eigenvalue weighted by molar-refractivity contribution is -0.143. The first kappa shape index (κ1) is 15.7. The molecule has 1 amide bonds. The molecule has 0 unspecified atom stereocenters. The average molecular weight is 424 g/mol. The molecule has 0 aliphatic heterocycles. The van der Waals surface area contributed by atoms with Crippen molar-refractivity contribution < 1.29 is 19.1 Å². The third-order valence-corrected chi connectivity index (χ3v) is 1.74. The molecule has 0 spiro atoms. The molecule has 10 heteroatoms. The van der Waals surface area contributed by atoms with Gasteiger partial charge < -0.3 is 9.47 Å². The summed E-state index contributed by atoms with van der Waals surface area (Å²) in [6, 6.07) is 0. The molecule has 0 aromatic carbocycles. The molecule has 0 aromatic heterocycles. The van der Waals surface area contributed by atoms with Gasteiger partial charge >= 0.3 is 12.1 Å². The topological polar surface area (TPSA) is 101 Å². The Balaban J connectivity index is 3.67. The number of halogens is 3. The van der Waals surface area contributed by atoms with E-state index in [1.165, 1.54) is 0 Å². The molecule has 0 bridgehead atoms. The number of esters is 1. The fraction of sp³-hybridized carbons (Fsp3) is 0.667. The molecule has 0 saturated heterocycles. The normalized spacial score (nSPS) is 10.2. The number of hydrogen-bond donors (Lipinski definition) is 0. The highest BCUT2D eigenvalue weighted by molar-refractivity contribution is 9.39. The monoisotopic (exact) mass is 421 g/mol. The van der Waals surface area contributed by atoms with Crippen molar-refractivity contribution in [3.8, 4) is 0 Å². The van der Waals surface area contributed by atoms with Crippen molar-refractivity contribution in [3.05, 3.63) is 10.4 Å². The van der Waals surface area contributed by atoms with Crippen LogP contribution in [0.3, 0.4) is 0 Å². The summed E-state index contributed by atoms with van der Waals surface area (Å²) in [5.41, 5.74) is 7.87. The maximum absolute atomic E-state index is 11.0. The molecule has 0 radical (unpaired) electrons. The summed E-state index contributed by atoms with van der Waals surface area (Å²) in [6.07, 6.45) is -1.19. The third-order valence-electron chi connectivity index (χ3n) is 1.05. The molecular formula is C6H6Br3N3O4. The number of carbonyl (C=O) groups is 2. The van der Waals surface area contributed by atoms with Gasteiger partial charge in [-0.05, 0) is 5.53 Å². The molecule has 7 nitrogen and oxygen atoms in total. The van der Waals surface area contributed by atoms with Crippen LogP contribution in [0.2, 0.25) is 0 Å². The van der Waals surface area contributed by atoms with E-state index in [0.29, 0.717) is 0 Å². The Bertz CT molecular complexity index is 311. The van der Waals surface area contributed by atoms with Gasteiger partial charge in [0.05, 0.1) is 6.42 Å². The number of hydrogen-bond acceptors (Lipinski definition) is 4. The molecule has 0 aliphatic rings. The van der Waals surface area contributed by atoms with Gasteiger partial charge in [0, 0.05) is 10.0 Å². The van der Waals surface area contributed by atoms with Crippen LogP contribution in [0.15, 0.2) is 5.11 Å². The quantitative estimate of drug-likeness (QED) is 0.228. The summed E-state index contributed by atoms with van der Waals surface area (Å²) >= 11 is 9.40. The fourth-order valence-corrected chi connectivity index (χ4v) is 0.865. The molecule has 0 rings (SSSR count). The van der Waals surface area contributed by atoms with Crippen molar-refractivity contribution in [2.45, 2.75) is 8.56 Å². The second-order valence-electron chi connectivity index (χ2n) is 2.33. The third kappa shape index (κ3) is 10.2. The van der Waals surface area contributed by atoms with Crippen molar-refractivity contribution in [1.29, 1.82) is 0 Å². The highest BCUT2D eigenvalue weighted by atomic mass is 80.0. The van der Waals surface area contributed by atoms with Gasteiger partial charge in [-0.25, -0.2) is 4.79 Å². The number of rotatable bonds is 4. The molecule has 0 saturated carbocycles. The zero-order valence-corrected chi connectivity index (χ0v) is 12.5. The summed E-state index contributed by atoms with van der Waals surface area (Å²) in [7, 11) is 0. The van der Waals surface area contributed by atoms with E-state index in [4.69, 9.17) is 10.3 Å². The molecule has 0 aromatic rings. The Kier molecular flexibility index (Phi) is 7.73. The SMILES string of the molecule is [N-]=[N+]=NC(=O)OCCC(=O)OCC(Br)(Br)Br. The smallest absolute Gasteiger partial charge is 0.396 e. The predicted octanol–water partition coefficient (Wildman–Crippen LogP) is 3.21. The first-order valence-corrected chi connectivity index (χ1v) is 6.17. The maximum Gasteiger partial charge on any atom is 0.396 e. The standard InChI is InChI=1S/C6H6Br3N3O4/c7-6(8,9)3-16-4(13)1-2-15-5(14)11-12-10/h1-3H2. The van der Waals surface area contributed by atoms with Gasteiger partial charge in [0.25, 0.3) is 0 Å². The summed E-state index contributed by atoms with van der Waals surface area (Å²) in [4.78, 5) is 23.8. The van der Waals surface area contributed by atoms with Gasteiger partial charge in [0.2, 0.25) is 0 Å². The molecule has 0 heterocycles. The van der Waals surface area contributed by atoms with Crippen LogP contribution in [0, 0.1) is 0 Å². The molecule has 0 N–H and O–H groups in total. The zero-order chi connectivity index (χ0) is 12.6. The Hall–Kier alpha value is -0.310. The first-order valence-electron chi connectivity index (χ1n) is 3.79. The number of nitrogens with zero attached hydrogens (tertiary/aromatic N) is 3. The molecular weight excluding hydrogens is 418 g/mol. The van der Waals surface area contributed by atoms with Crippen molar-refractivity contribution in [1.82, 2.24) is 0 Å². The van der Waals surface area contributed by atoms with Gasteiger partial charge in [-0.3, -0.25) is 4.79 Å². The van der Waals surface area contributed by atoms with E-state index in [2.05, 4.69) is 62.6 Å². The number of amides is 1. The lowest BCUT2D eigenvalue weighted by atomic mass is 10.5. The Morgan fingerprint density at radius 1 is 1.31 bits per heavy atom. The van der Waals surface area contributed by atoms with Gasteiger partial charge in [-0.15, -0.1) is 0 Å².